The monoisotopic (exact) mass is 592 g/mol. The van der Waals surface area contributed by atoms with Crippen molar-refractivity contribution in [1.29, 1.82) is 0 Å². The summed E-state index contributed by atoms with van der Waals surface area (Å²) in [6.45, 7) is 2.17. The van der Waals surface area contributed by atoms with E-state index in [0.29, 0.717) is 44.9 Å². The van der Waals surface area contributed by atoms with E-state index in [-0.39, 0.29) is 24.8 Å². The summed E-state index contributed by atoms with van der Waals surface area (Å²) in [5.41, 5.74) is 0. The van der Waals surface area contributed by atoms with Gasteiger partial charge < -0.3 is 14.2 Å². The maximum absolute atomic E-state index is 12.6. The Labute approximate surface area is 243 Å². The predicted octanol–water partition coefficient (Wildman–Crippen LogP) is 7.10. The molecule has 0 aliphatic rings. The topological polar surface area (TPSA) is 133 Å². The van der Waals surface area contributed by atoms with Crippen LogP contribution in [-0.2, 0) is 38.7 Å². The van der Waals surface area contributed by atoms with E-state index in [1.807, 2.05) is 0 Å². The summed E-state index contributed by atoms with van der Waals surface area (Å²) in [6.07, 6.45) is 15.8. The molecule has 0 aromatic carbocycles. The number of hydrogen-bond donors (Lipinski definition) is 1. The summed E-state index contributed by atoms with van der Waals surface area (Å²) in [5.74, 6) is -0.878. The molecule has 0 bridgehead atoms. The third kappa shape index (κ3) is 22.1. The van der Waals surface area contributed by atoms with Crippen LogP contribution in [0.2, 0.25) is 0 Å². The van der Waals surface area contributed by atoms with Gasteiger partial charge in [0.25, 0.3) is 10.1 Å². The fourth-order valence-electron chi connectivity index (χ4n) is 4.80. The SMILES string of the molecule is CCCCCCCCCC(=O)OC(CCCCCCCC(=O)OC)C(CCCCCCCC(=O)OC)S(=O)(=O)O. The van der Waals surface area contributed by atoms with Crippen LogP contribution in [0.4, 0.5) is 0 Å². The molecule has 1 N–H and O–H groups in total. The Hall–Kier alpha value is -1.68. The lowest BCUT2D eigenvalue weighted by molar-refractivity contribution is -0.150. The minimum Gasteiger partial charge on any atom is -0.469 e. The van der Waals surface area contributed by atoms with Gasteiger partial charge in [0, 0.05) is 19.3 Å². The van der Waals surface area contributed by atoms with Crippen LogP contribution in [0.15, 0.2) is 0 Å². The van der Waals surface area contributed by atoms with Crippen molar-refractivity contribution in [3.8, 4) is 0 Å². The van der Waals surface area contributed by atoms with Gasteiger partial charge in [-0.25, -0.2) is 0 Å². The first-order valence-electron chi connectivity index (χ1n) is 15.4. The second-order valence-corrected chi connectivity index (χ2v) is 12.4. The van der Waals surface area contributed by atoms with Crippen LogP contribution in [0.5, 0.6) is 0 Å². The first kappa shape index (κ1) is 38.3. The first-order valence-corrected chi connectivity index (χ1v) is 16.9. The Morgan fingerprint density at radius 2 is 0.950 bits per heavy atom. The number of hydrogen-bond acceptors (Lipinski definition) is 8. The first-order chi connectivity index (χ1) is 19.1. The van der Waals surface area contributed by atoms with Gasteiger partial charge in [-0.05, 0) is 38.5 Å². The van der Waals surface area contributed by atoms with Crippen molar-refractivity contribution in [2.24, 2.45) is 0 Å². The summed E-state index contributed by atoms with van der Waals surface area (Å²) in [4.78, 5) is 35.1. The van der Waals surface area contributed by atoms with E-state index in [2.05, 4.69) is 16.4 Å². The third-order valence-corrected chi connectivity index (χ3v) is 8.56. The molecule has 40 heavy (non-hydrogen) atoms. The zero-order valence-electron chi connectivity index (χ0n) is 25.3. The molecule has 0 aliphatic carbocycles. The van der Waals surface area contributed by atoms with Crippen LogP contribution in [0.25, 0.3) is 0 Å². The molecular formula is C30H56O9S. The fourth-order valence-corrected chi connectivity index (χ4v) is 5.84. The van der Waals surface area contributed by atoms with Crippen molar-refractivity contribution >= 4 is 28.0 Å². The Bertz CT molecular complexity index is 767. The lowest BCUT2D eigenvalue weighted by Crippen LogP contribution is -2.37. The lowest BCUT2D eigenvalue weighted by Gasteiger charge is -2.25. The van der Waals surface area contributed by atoms with Gasteiger partial charge in [0.2, 0.25) is 0 Å². The molecule has 0 amide bonds. The fraction of sp³-hybridized carbons (Fsp3) is 0.900. The van der Waals surface area contributed by atoms with E-state index in [1.165, 1.54) is 33.5 Å². The highest BCUT2D eigenvalue weighted by Gasteiger charge is 2.34. The van der Waals surface area contributed by atoms with Gasteiger partial charge in [-0.3, -0.25) is 18.9 Å². The molecule has 0 aromatic heterocycles. The molecule has 2 atom stereocenters. The number of methoxy groups -OCH3 is 2. The smallest absolute Gasteiger partial charge is 0.306 e. The van der Waals surface area contributed by atoms with E-state index in [1.54, 1.807) is 0 Å². The van der Waals surface area contributed by atoms with Gasteiger partial charge in [0.15, 0.2) is 0 Å². The van der Waals surface area contributed by atoms with Gasteiger partial charge in [-0.15, -0.1) is 0 Å². The molecule has 236 valence electrons. The summed E-state index contributed by atoms with van der Waals surface area (Å²) < 4.78 is 49.7. The van der Waals surface area contributed by atoms with E-state index in [0.717, 1.165) is 64.2 Å². The summed E-state index contributed by atoms with van der Waals surface area (Å²) in [7, 11) is -1.68. The van der Waals surface area contributed by atoms with Crippen LogP contribution in [-0.4, -0.2) is 56.5 Å². The molecule has 0 aromatic rings. The number of rotatable bonds is 27. The molecule has 0 radical (unpaired) electrons. The molecular weight excluding hydrogens is 536 g/mol. The standard InChI is InChI=1S/C30H56O9S/c1-4-5-6-7-8-13-20-25-30(33)39-26(21-16-11-9-14-18-23-28(31)37-2)27(40(34,35)36)22-17-12-10-15-19-24-29(32)38-3/h26-27H,4-25H2,1-3H3,(H,34,35,36). The number of carbonyl (C=O) groups excluding carboxylic acids is 3. The Morgan fingerprint density at radius 1 is 0.575 bits per heavy atom. The predicted molar refractivity (Wildman–Crippen MR) is 156 cm³/mol. The van der Waals surface area contributed by atoms with E-state index < -0.39 is 27.4 Å². The minimum atomic E-state index is -4.41. The molecule has 0 rings (SSSR count). The normalized spacial score (nSPS) is 13.0. The summed E-state index contributed by atoms with van der Waals surface area (Å²) >= 11 is 0. The molecule has 0 fully saturated rings. The molecule has 0 aliphatic heterocycles. The average molecular weight is 593 g/mol. The maximum atomic E-state index is 12.6. The van der Waals surface area contributed by atoms with Gasteiger partial charge in [0.1, 0.15) is 11.4 Å². The van der Waals surface area contributed by atoms with Gasteiger partial charge in [-0.1, -0.05) is 90.4 Å². The Balaban J connectivity index is 4.84. The Kier molecular flexibility index (Phi) is 24.0. The van der Waals surface area contributed by atoms with Crippen molar-refractivity contribution in [1.82, 2.24) is 0 Å². The van der Waals surface area contributed by atoms with E-state index >= 15 is 0 Å². The van der Waals surface area contributed by atoms with Crippen LogP contribution >= 0.6 is 0 Å². The zero-order chi connectivity index (χ0) is 30.1. The molecule has 0 heterocycles. The van der Waals surface area contributed by atoms with E-state index in [9.17, 15) is 27.4 Å². The highest BCUT2D eigenvalue weighted by molar-refractivity contribution is 7.86. The quantitative estimate of drug-likeness (QED) is 0.0458. The summed E-state index contributed by atoms with van der Waals surface area (Å²) in [5, 5.41) is -1.15. The highest BCUT2D eigenvalue weighted by atomic mass is 32.2. The van der Waals surface area contributed by atoms with Crippen molar-refractivity contribution in [3.05, 3.63) is 0 Å². The van der Waals surface area contributed by atoms with Crippen LogP contribution in [0, 0.1) is 0 Å². The lowest BCUT2D eigenvalue weighted by atomic mass is 10.0. The molecule has 0 spiro atoms. The van der Waals surface area contributed by atoms with Crippen molar-refractivity contribution in [2.45, 2.75) is 160 Å². The van der Waals surface area contributed by atoms with Gasteiger partial charge in [0.05, 0.1) is 14.2 Å². The van der Waals surface area contributed by atoms with E-state index in [4.69, 9.17) is 4.74 Å². The number of unbranched alkanes of at least 4 members (excludes halogenated alkanes) is 14. The van der Waals surface area contributed by atoms with Gasteiger partial charge in [-0.2, -0.15) is 8.42 Å². The maximum Gasteiger partial charge on any atom is 0.306 e. The van der Waals surface area contributed by atoms with Crippen LogP contribution < -0.4 is 0 Å². The molecule has 9 nitrogen and oxygen atoms in total. The second-order valence-electron chi connectivity index (χ2n) is 10.7. The molecule has 0 saturated heterocycles. The minimum absolute atomic E-state index is 0.213. The van der Waals surface area contributed by atoms with Gasteiger partial charge >= 0.3 is 17.9 Å². The number of ether oxygens (including phenoxy) is 3. The van der Waals surface area contributed by atoms with Crippen molar-refractivity contribution < 1.29 is 41.6 Å². The van der Waals surface area contributed by atoms with Crippen LogP contribution in [0.3, 0.4) is 0 Å². The molecule has 2 unspecified atom stereocenters. The van der Waals surface area contributed by atoms with Crippen LogP contribution in [0.1, 0.15) is 148 Å². The third-order valence-electron chi connectivity index (χ3n) is 7.26. The van der Waals surface area contributed by atoms with Crippen molar-refractivity contribution in [3.63, 3.8) is 0 Å². The number of esters is 3. The largest absolute Gasteiger partial charge is 0.469 e. The highest BCUT2D eigenvalue weighted by Crippen LogP contribution is 2.23. The molecule has 10 heteroatoms. The molecule has 0 saturated carbocycles. The average Bonchev–Trinajstić information content (AvgIpc) is 2.91. The summed E-state index contributed by atoms with van der Waals surface area (Å²) in [6, 6.07) is 0. The zero-order valence-corrected chi connectivity index (χ0v) is 26.1. The number of carbonyl (C=O) groups is 3. The second kappa shape index (κ2) is 25.1. The Morgan fingerprint density at radius 3 is 1.38 bits per heavy atom. The van der Waals surface area contributed by atoms with Crippen molar-refractivity contribution in [2.75, 3.05) is 14.2 Å².